The largest absolute Gasteiger partial charge is 0.574 e. The topological polar surface area (TPSA) is 65.2 Å². The first-order valence-electron chi connectivity index (χ1n) is 4.58. The Hall–Kier alpha value is -1.45. The van der Waals surface area contributed by atoms with E-state index in [0.29, 0.717) is 6.20 Å². The van der Waals surface area contributed by atoms with E-state index < -0.39 is 41.3 Å². The highest BCUT2D eigenvalue weighted by Crippen LogP contribution is 2.36. The fraction of sp³-hybridized carbons (Fsp3) is 0.333. The second-order valence-corrected chi connectivity index (χ2v) is 3.78. The molecule has 0 fully saturated rings. The highest BCUT2D eigenvalue weighted by molar-refractivity contribution is 9.08. The molecule has 0 aliphatic carbocycles. The van der Waals surface area contributed by atoms with Crippen LogP contribution < -0.4 is 10.5 Å². The highest BCUT2D eigenvalue weighted by atomic mass is 79.9. The number of nitrogens with two attached hydrogens (primary N) is 1. The van der Waals surface area contributed by atoms with Gasteiger partial charge in [-0.1, -0.05) is 15.9 Å². The number of aromatic nitrogens is 1. The summed E-state index contributed by atoms with van der Waals surface area (Å²) < 4.78 is 65.3. The van der Waals surface area contributed by atoms with Crippen molar-refractivity contribution in [2.75, 3.05) is 0 Å². The van der Waals surface area contributed by atoms with Crippen LogP contribution in [0.1, 0.15) is 27.9 Å². The van der Waals surface area contributed by atoms with Crippen LogP contribution in [0.3, 0.4) is 0 Å². The zero-order valence-corrected chi connectivity index (χ0v) is 10.6. The van der Waals surface area contributed by atoms with Gasteiger partial charge in [0, 0.05) is 11.5 Å². The number of hydrogen-bond donors (Lipinski definition) is 1. The Labute approximate surface area is 111 Å². The quantitative estimate of drug-likeness (QED) is 0.672. The molecular weight excluding hydrogens is 343 g/mol. The monoisotopic (exact) mass is 348 g/mol. The molecule has 0 atom stereocenters. The van der Waals surface area contributed by atoms with Crippen LogP contribution in [0, 0.1) is 0 Å². The first kappa shape index (κ1) is 15.6. The van der Waals surface area contributed by atoms with Crippen LogP contribution in [-0.2, 0) is 5.33 Å². The van der Waals surface area contributed by atoms with Gasteiger partial charge in [-0.2, -0.15) is 0 Å². The van der Waals surface area contributed by atoms with Crippen molar-refractivity contribution in [2.24, 2.45) is 5.73 Å². The fourth-order valence-corrected chi connectivity index (χ4v) is 1.92. The molecule has 0 aliphatic heterocycles. The number of halogens is 6. The minimum Gasteiger partial charge on any atom is -0.387 e. The summed E-state index contributed by atoms with van der Waals surface area (Å²) in [5.41, 5.74) is 3.02. The predicted octanol–water partition coefficient (Wildman–Crippen LogP) is 2.91. The fourth-order valence-electron chi connectivity index (χ4n) is 1.32. The predicted molar refractivity (Wildman–Crippen MR) is 57.0 cm³/mol. The van der Waals surface area contributed by atoms with Crippen molar-refractivity contribution < 1.29 is 31.5 Å². The van der Waals surface area contributed by atoms with E-state index in [4.69, 9.17) is 5.73 Å². The van der Waals surface area contributed by atoms with E-state index >= 15 is 0 Å². The zero-order valence-electron chi connectivity index (χ0n) is 8.97. The Kier molecular flexibility index (Phi) is 4.66. The minimum atomic E-state index is -5.17. The summed E-state index contributed by atoms with van der Waals surface area (Å²) >= 11 is 2.80. The summed E-state index contributed by atoms with van der Waals surface area (Å²) in [5, 5.41) is -0.304. The summed E-state index contributed by atoms with van der Waals surface area (Å²) in [5.74, 6) is -2.38. The van der Waals surface area contributed by atoms with E-state index in [1.165, 1.54) is 0 Å². The number of alkyl halides is 6. The molecule has 0 unspecified atom stereocenters. The molecule has 106 valence electrons. The van der Waals surface area contributed by atoms with Gasteiger partial charge >= 0.3 is 6.36 Å². The van der Waals surface area contributed by atoms with E-state index in [-0.39, 0.29) is 5.33 Å². The molecule has 1 aromatic heterocycles. The third-order valence-electron chi connectivity index (χ3n) is 2.02. The van der Waals surface area contributed by atoms with Crippen LogP contribution in [0.15, 0.2) is 6.20 Å². The number of carbonyl (C=O) groups is 1. The van der Waals surface area contributed by atoms with Crippen LogP contribution in [0.5, 0.6) is 5.88 Å². The molecule has 0 bridgehead atoms. The third-order valence-corrected chi connectivity index (χ3v) is 2.58. The average Bonchev–Trinajstić information content (AvgIpc) is 2.25. The van der Waals surface area contributed by atoms with Gasteiger partial charge < -0.3 is 10.5 Å². The molecule has 4 nitrogen and oxygen atoms in total. The molecule has 0 aliphatic rings. The first-order valence-corrected chi connectivity index (χ1v) is 5.71. The number of carbonyl (C=O) groups excluding carboxylic acids is 1. The van der Waals surface area contributed by atoms with Crippen molar-refractivity contribution in [3.63, 3.8) is 0 Å². The van der Waals surface area contributed by atoms with Gasteiger partial charge in [0.1, 0.15) is 0 Å². The van der Waals surface area contributed by atoms with Crippen LogP contribution in [-0.4, -0.2) is 17.3 Å². The molecule has 0 radical (unpaired) electrons. The summed E-state index contributed by atoms with van der Waals surface area (Å²) in [7, 11) is 0. The molecular formula is C9H6BrF5N2O2. The van der Waals surface area contributed by atoms with Gasteiger partial charge in [-0.25, -0.2) is 13.8 Å². The normalized spacial score (nSPS) is 11.7. The number of primary amides is 1. The van der Waals surface area contributed by atoms with Crippen molar-refractivity contribution in [2.45, 2.75) is 18.1 Å². The average molecular weight is 349 g/mol. The Morgan fingerprint density at radius 2 is 2.05 bits per heavy atom. The maximum absolute atomic E-state index is 12.8. The van der Waals surface area contributed by atoms with Gasteiger partial charge in [0.05, 0.1) is 11.1 Å². The SMILES string of the molecule is NC(=O)c1cnc(OC(F)(F)F)c(C(F)F)c1CBr. The second-order valence-electron chi connectivity index (χ2n) is 3.22. The van der Waals surface area contributed by atoms with Gasteiger partial charge in [0.15, 0.2) is 0 Å². The highest BCUT2D eigenvalue weighted by Gasteiger charge is 2.35. The van der Waals surface area contributed by atoms with Crippen molar-refractivity contribution in [1.82, 2.24) is 4.98 Å². The summed E-state index contributed by atoms with van der Waals surface area (Å²) in [4.78, 5) is 14.1. The van der Waals surface area contributed by atoms with Gasteiger partial charge in [-0.05, 0) is 5.56 Å². The van der Waals surface area contributed by atoms with Crippen LogP contribution in [0.4, 0.5) is 22.0 Å². The standard InChI is InChI=1S/C9H6BrF5N2O2/c10-1-3-4(7(16)18)2-17-8(5(3)6(11)12)19-9(13,14)15/h2,6H,1H2,(H2,16,18). The van der Waals surface area contributed by atoms with Crippen LogP contribution in [0.25, 0.3) is 0 Å². The Bertz CT molecular complexity index is 492. The maximum Gasteiger partial charge on any atom is 0.574 e. The number of rotatable bonds is 4. The first-order chi connectivity index (χ1) is 8.67. The summed E-state index contributed by atoms with van der Waals surface area (Å²) in [6, 6.07) is 0. The molecule has 10 heteroatoms. The van der Waals surface area contributed by atoms with E-state index in [2.05, 4.69) is 25.7 Å². The molecule has 1 aromatic rings. The molecule has 0 aromatic carbocycles. The molecule has 0 saturated heterocycles. The van der Waals surface area contributed by atoms with Gasteiger partial charge in [-0.3, -0.25) is 4.79 Å². The van der Waals surface area contributed by atoms with Crippen molar-refractivity contribution in [3.05, 3.63) is 22.9 Å². The van der Waals surface area contributed by atoms with Crippen molar-refractivity contribution >= 4 is 21.8 Å². The van der Waals surface area contributed by atoms with Gasteiger partial charge in [-0.15, -0.1) is 13.2 Å². The van der Waals surface area contributed by atoms with E-state index in [1.807, 2.05) is 0 Å². The number of nitrogens with zero attached hydrogens (tertiary/aromatic N) is 1. The Morgan fingerprint density at radius 1 is 1.47 bits per heavy atom. The lowest BCUT2D eigenvalue weighted by Crippen LogP contribution is -2.21. The lowest BCUT2D eigenvalue weighted by molar-refractivity contribution is -0.276. The Morgan fingerprint density at radius 3 is 2.42 bits per heavy atom. The van der Waals surface area contributed by atoms with E-state index in [1.54, 1.807) is 0 Å². The molecule has 19 heavy (non-hydrogen) atoms. The van der Waals surface area contributed by atoms with Crippen LogP contribution in [0.2, 0.25) is 0 Å². The second kappa shape index (κ2) is 5.68. The van der Waals surface area contributed by atoms with E-state index in [0.717, 1.165) is 0 Å². The van der Waals surface area contributed by atoms with E-state index in [9.17, 15) is 26.7 Å². The molecule has 1 rings (SSSR count). The summed E-state index contributed by atoms with van der Waals surface area (Å²) in [6.07, 6.45) is -7.82. The number of hydrogen-bond acceptors (Lipinski definition) is 3. The third kappa shape index (κ3) is 3.75. The minimum absolute atomic E-state index is 0.304. The number of pyridine rings is 1. The summed E-state index contributed by atoms with van der Waals surface area (Å²) in [6.45, 7) is 0. The molecule has 0 spiro atoms. The smallest absolute Gasteiger partial charge is 0.387 e. The lowest BCUT2D eigenvalue weighted by atomic mass is 10.1. The van der Waals surface area contributed by atoms with Gasteiger partial charge in [0.2, 0.25) is 5.88 Å². The molecule has 1 heterocycles. The molecule has 0 saturated carbocycles. The molecule has 1 amide bonds. The Balaban J connectivity index is 3.46. The number of amides is 1. The lowest BCUT2D eigenvalue weighted by Gasteiger charge is -2.16. The van der Waals surface area contributed by atoms with Crippen molar-refractivity contribution in [1.29, 1.82) is 0 Å². The molecule has 2 N–H and O–H groups in total. The van der Waals surface area contributed by atoms with Crippen molar-refractivity contribution in [3.8, 4) is 5.88 Å². The maximum atomic E-state index is 12.8. The number of ether oxygens (including phenoxy) is 1. The van der Waals surface area contributed by atoms with Gasteiger partial charge in [0.25, 0.3) is 12.3 Å². The zero-order chi connectivity index (χ0) is 14.8. The van der Waals surface area contributed by atoms with Crippen LogP contribution >= 0.6 is 15.9 Å².